The number of aliphatic imine (C=N–C) groups is 1. The van der Waals surface area contributed by atoms with Crippen molar-refractivity contribution in [3.63, 3.8) is 0 Å². The van der Waals surface area contributed by atoms with Crippen molar-refractivity contribution in [2.24, 2.45) is 4.99 Å². The first-order valence-corrected chi connectivity index (χ1v) is 4.58. The molecule has 0 spiro atoms. The average Bonchev–Trinajstić information content (AvgIpc) is 2.27. The second-order valence-electron chi connectivity index (χ2n) is 2.98. The van der Waals surface area contributed by atoms with Crippen LogP contribution >= 0.6 is 0 Å². The molecule has 0 aliphatic heterocycles. The first-order valence-electron chi connectivity index (χ1n) is 4.58. The number of rotatable bonds is 3. The predicted octanol–water partition coefficient (Wildman–Crippen LogP) is 2.18. The fourth-order valence-electron chi connectivity index (χ4n) is 0.982. The number of hydrogen-bond donors (Lipinski definition) is 0. The van der Waals surface area contributed by atoms with Crippen LogP contribution in [0.4, 0.5) is 0 Å². The Hall–Kier alpha value is -1.90. The Labute approximate surface area is 89.1 Å². The summed E-state index contributed by atoms with van der Waals surface area (Å²) in [4.78, 5) is 15.0. The number of nitrogens with zero attached hydrogens (tertiary/aromatic N) is 1. The Morgan fingerprint density at radius 1 is 1.33 bits per heavy atom. The summed E-state index contributed by atoms with van der Waals surface area (Å²) in [6.45, 7) is 1.75. The van der Waals surface area contributed by atoms with Crippen LogP contribution in [0.15, 0.2) is 47.1 Å². The third-order valence-corrected chi connectivity index (χ3v) is 1.74. The van der Waals surface area contributed by atoms with Crippen LogP contribution in [-0.4, -0.2) is 19.3 Å². The van der Waals surface area contributed by atoms with Crippen molar-refractivity contribution in [1.82, 2.24) is 0 Å². The van der Waals surface area contributed by atoms with Gasteiger partial charge in [-0.05, 0) is 12.5 Å². The van der Waals surface area contributed by atoms with Gasteiger partial charge in [-0.3, -0.25) is 4.99 Å². The summed E-state index contributed by atoms with van der Waals surface area (Å²) in [5.74, 6) is -0.391. The van der Waals surface area contributed by atoms with Gasteiger partial charge in [0.1, 0.15) is 0 Å². The van der Waals surface area contributed by atoms with Gasteiger partial charge in [0, 0.05) is 18.0 Å². The third-order valence-electron chi connectivity index (χ3n) is 1.74. The Balaban J connectivity index is 2.66. The predicted molar refractivity (Wildman–Crippen MR) is 59.8 cm³/mol. The van der Waals surface area contributed by atoms with Gasteiger partial charge in [0.25, 0.3) is 0 Å². The summed E-state index contributed by atoms with van der Waals surface area (Å²) in [6.07, 6.45) is 3.05. The van der Waals surface area contributed by atoms with Gasteiger partial charge in [0.15, 0.2) is 0 Å². The Bertz CT molecular complexity index is 380. The summed E-state index contributed by atoms with van der Waals surface area (Å²) in [7, 11) is 1.34. The van der Waals surface area contributed by atoms with Gasteiger partial charge in [0.05, 0.1) is 7.11 Å². The lowest BCUT2D eigenvalue weighted by Gasteiger charge is -1.93. The molecule has 1 aromatic rings. The van der Waals surface area contributed by atoms with Crippen LogP contribution in [-0.2, 0) is 9.53 Å². The zero-order valence-electron chi connectivity index (χ0n) is 8.81. The molecule has 0 bridgehead atoms. The normalized spacial score (nSPS) is 11.7. The molecule has 15 heavy (non-hydrogen) atoms. The SMILES string of the molecule is COC(=O)/C=C(\C)N=Cc1ccccc1. The van der Waals surface area contributed by atoms with Crippen LogP contribution in [0, 0.1) is 0 Å². The molecule has 3 nitrogen and oxygen atoms in total. The maximum Gasteiger partial charge on any atom is 0.332 e. The minimum Gasteiger partial charge on any atom is -0.466 e. The second-order valence-corrected chi connectivity index (χ2v) is 2.98. The summed E-state index contributed by atoms with van der Waals surface area (Å²) in [5.41, 5.74) is 1.61. The average molecular weight is 203 g/mol. The van der Waals surface area contributed by atoms with E-state index < -0.39 is 5.97 Å². The zero-order chi connectivity index (χ0) is 11.1. The van der Waals surface area contributed by atoms with Crippen LogP contribution in [0.25, 0.3) is 0 Å². The van der Waals surface area contributed by atoms with Crippen LogP contribution in [0.2, 0.25) is 0 Å². The molecule has 0 radical (unpaired) electrons. The lowest BCUT2D eigenvalue weighted by atomic mass is 10.2. The highest BCUT2D eigenvalue weighted by molar-refractivity contribution is 5.84. The number of hydrogen-bond acceptors (Lipinski definition) is 3. The largest absolute Gasteiger partial charge is 0.466 e. The standard InChI is InChI=1S/C12H13NO2/c1-10(8-12(14)15-2)13-9-11-6-4-3-5-7-11/h3-9H,1-2H3/b10-8+,13-9?. The minimum absolute atomic E-state index is 0.391. The maximum absolute atomic E-state index is 10.9. The molecule has 0 saturated heterocycles. The Morgan fingerprint density at radius 2 is 2.00 bits per heavy atom. The van der Waals surface area contributed by atoms with E-state index in [9.17, 15) is 4.79 Å². The maximum atomic E-state index is 10.9. The monoisotopic (exact) mass is 203 g/mol. The van der Waals surface area contributed by atoms with Crippen LogP contribution in [0.3, 0.4) is 0 Å². The lowest BCUT2D eigenvalue weighted by molar-refractivity contribution is -0.134. The molecule has 78 valence electrons. The summed E-state index contributed by atoms with van der Waals surface area (Å²) >= 11 is 0. The van der Waals surface area contributed by atoms with E-state index in [0.717, 1.165) is 5.56 Å². The molecule has 0 fully saturated rings. The van der Waals surface area contributed by atoms with Gasteiger partial charge < -0.3 is 4.74 Å². The molecular formula is C12H13NO2. The molecule has 0 aromatic heterocycles. The molecule has 0 heterocycles. The smallest absolute Gasteiger partial charge is 0.332 e. The fourth-order valence-corrected chi connectivity index (χ4v) is 0.982. The van der Waals surface area contributed by atoms with E-state index in [1.807, 2.05) is 30.3 Å². The number of methoxy groups -OCH3 is 1. The van der Waals surface area contributed by atoms with Crippen molar-refractivity contribution in [2.45, 2.75) is 6.92 Å². The van der Waals surface area contributed by atoms with E-state index in [4.69, 9.17) is 0 Å². The van der Waals surface area contributed by atoms with E-state index in [2.05, 4.69) is 9.73 Å². The Morgan fingerprint density at radius 3 is 2.60 bits per heavy atom. The molecule has 1 aromatic carbocycles. The van der Waals surface area contributed by atoms with E-state index in [1.54, 1.807) is 13.1 Å². The van der Waals surface area contributed by atoms with Gasteiger partial charge in [-0.15, -0.1) is 0 Å². The number of esters is 1. The second kappa shape index (κ2) is 5.75. The molecule has 0 amide bonds. The van der Waals surface area contributed by atoms with E-state index in [0.29, 0.717) is 5.70 Å². The van der Waals surface area contributed by atoms with E-state index in [-0.39, 0.29) is 0 Å². The van der Waals surface area contributed by atoms with E-state index >= 15 is 0 Å². The van der Waals surface area contributed by atoms with Crippen molar-refractivity contribution in [1.29, 1.82) is 0 Å². The number of ether oxygens (including phenoxy) is 1. The summed E-state index contributed by atoms with van der Waals surface area (Å²) < 4.78 is 4.48. The van der Waals surface area contributed by atoms with Crippen LogP contribution in [0.1, 0.15) is 12.5 Å². The molecule has 1 rings (SSSR count). The molecule has 0 N–H and O–H groups in total. The Kier molecular flexibility index (Phi) is 4.29. The van der Waals surface area contributed by atoms with Gasteiger partial charge in [-0.2, -0.15) is 0 Å². The lowest BCUT2D eigenvalue weighted by Crippen LogP contribution is -1.95. The highest BCUT2D eigenvalue weighted by Gasteiger charge is 1.93. The first kappa shape index (κ1) is 11.2. The van der Waals surface area contributed by atoms with Gasteiger partial charge in [-0.25, -0.2) is 4.79 Å². The van der Waals surface area contributed by atoms with Crippen molar-refractivity contribution < 1.29 is 9.53 Å². The van der Waals surface area contributed by atoms with Crippen molar-refractivity contribution in [3.8, 4) is 0 Å². The topological polar surface area (TPSA) is 38.7 Å². The quantitative estimate of drug-likeness (QED) is 0.429. The van der Waals surface area contributed by atoms with Crippen molar-refractivity contribution >= 4 is 12.2 Å². The number of allylic oxidation sites excluding steroid dienone is 1. The van der Waals surface area contributed by atoms with E-state index in [1.165, 1.54) is 13.2 Å². The van der Waals surface area contributed by atoms with Crippen LogP contribution < -0.4 is 0 Å². The molecular weight excluding hydrogens is 190 g/mol. The van der Waals surface area contributed by atoms with Crippen molar-refractivity contribution in [2.75, 3.05) is 7.11 Å². The number of carbonyl (C=O) groups is 1. The molecule has 0 aliphatic rings. The zero-order valence-corrected chi connectivity index (χ0v) is 8.81. The van der Waals surface area contributed by atoms with Gasteiger partial charge in [-0.1, -0.05) is 30.3 Å². The van der Waals surface area contributed by atoms with Crippen LogP contribution in [0.5, 0.6) is 0 Å². The first-order chi connectivity index (χ1) is 7.22. The van der Waals surface area contributed by atoms with Crippen molar-refractivity contribution in [3.05, 3.63) is 47.7 Å². The highest BCUT2D eigenvalue weighted by Crippen LogP contribution is 1.98. The fraction of sp³-hybridized carbons (Fsp3) is 0.167. The third kappa shape index (κ3) is 4.22. The molecule has 0 saturated carbocycles. The molecule has 3 heteroatoms. The molecule has 0 aliphatic carbocycles. The molecule has 0 unspecified atom stereocenters. The summed E-state index contributed by atoms with van der Waals surface area (Å²) in [6, 6.07) is 9.68. The van der Waals surface area contributed by atoms with Gasteiger partial charge >= 0.3 is 5.97 Å². The highest BCUT2D eigenvalue weighted by atomic mass is 16.5. The summed E-state index contributed by atoms with van der Waals surface area (Å²) in [5, 5.41) is 0. The number of benzene rings is 1. The molecule has 0 atom stereocenters. The van der Waals surface area contributed by atoms with Gasteiger partial charge in [0.2, 0.25) is 0 Å². The number of carbonyl (C=O) groups excluding carboxylic acids is 1. The minimum atomic E-state index is -0.391.